The number of thiazole rings is 1. The Morgan fingerprint density at radius 2 is 2.19 bits per heavy atom. The van der Waals surface area contributed by atoms with Gasteiger partial charge in [-0.05, 0) is 26.8 Å². The summed E-state index contributed by atoms with van der Waals surface area (Å²) in [6.07, 6.45) is 0.283. The number of benzene rings is 1. The molecule has 0 bridgehead atoms. The average molecular weight is 303 g/mol. The van der Waals surface area contributed by atoms with Gasteiger partial charge in [0.05, 0.1) is 12.1 Å². The summed E-state index contributed by atoms with van der Waals surface area (Å²) in [4.78, 5) is 16.5. The summed E-state index contributed by atoms with van der Waals surface area (Å²) in [6.45, 7) is 6.28. The molecule has 0 aliphatic rings. The van der Waals surface area contributed by atoms with Crippen LogP contribution in [0.3, 0.4) is 0 Å². The second-order valence-electron chi connectivity index (χ2n) is 5.83. The molecule has 0 fully saturated rings. The molecule has 0 unspecified atom stereocenters. The maximum atomic E-state index is 12.0. The second kappa shape index (κ2) is 6.37. The van der Waals surface area contributed by atoms with Crippen LogP contribution in [0.4, 0.5) is 0 Å². The zero-order valence-corrected chi connectivity index (χ0v) is 13.5. The first-order valence-electron chi connectivity index (χ1n) is 6.92. The van der Waals surface area contributed by atoms with Gasteiger partial charge in [-0.2, -0.15) is 0 Å². The molecule has 2 aromatic rings. The molecule has 0 saturated heterocycles. The molecule has 21 heavy (non-hydrogen) atoms. The summed E-state index contributed by atoms with van der Waals surface area (Å²) >= 11 is 1.56. The number of rotatable bonds is 5. The van der Waals surface area contributed by atoms with Crippen LogP contribution in [0.5, 0.6) is 0 Å². The minimum absolute atomic E-state index is 0.0495. The number of aromatic nitrogens is 1. The van der Waals surface area contributed by atoms with Crippen molar-refractivity contribution in [3.63, 3.8) is 0 Å². The summed E-state index contributed by atoms with van der Waals surface area (Å²) < 4.78 is 0. The van der Waals surface area contributed by atoms with Crippen molar-refractivity contribution in [1.82, 2.24) is 10.3 Å². The lowest BCUT2D eigenvalue weighted by atomic mass is 10.1. The predicted octanol–water partition coefficient (Wildman–Crippen LogP) is 2.51. The van der Waals surface area contributed by atoms with Gasteiger partial charge in [-0.1, -0.05) is 23.8 Å². The molecule has 0 aliphatic heterocycles. The van der Waals surface area contributed by atoms with Crippen molar-refractivity contribution in [3.8, 4) is 10.6 Å². The third-order valence-electron chi connectivity index (χ3n) is 3.15. The van der Waals surface area contributed by atoms with Crippen LogP contribution in [0.1, 0.15) is 25.1 Å². The number of carbonyl (C=O) groups is 1. The largest absolute Gasteiger partial charge is 0.350 e. The smallest absolute Gasteiger partial charge is 0.226 e. The Bertz CT molecular complexity index is 634. The molecule has 0 saturated carbocycles. The van der Waals surface area contributed by atoms with Crippen LogP contribution < -0.4 is 11.1 Å². The first-order valence-corrected chi connectivity index (χ1v) is 7.80. The molecule has 0 atom stereocenters. The summed E-state index contributed by atoms with van der Waals surface area (Å²) in [5.74, 6) is -0.0495. The first kappa shape index (κ1) is 15.7. The number of hydrogen-bond donors (Lipinski definition) is 2. The number of nitrogens with one attached hydrogen (secondary N) is 1. The van der Waals surface area contributed by atoms with Crippen LogP contribution in [0.25, 0.3) is 10.6 Å². The predicted molar refractivity (Wildman–Crippen MR) is 87.3 cm³/mol. The highest BCUT2D eigenvalue weighted by Crippen LogP contribution is 2.24. The first-order chi connectivity index (χ1) is 9.89. The number of nitrogens with zero attached hydrogens (tertiary/aromatic N) is 1. The fourth-order valence-corrected chi connectivity index (χ4v) is 2.75. The Morgan fingerprint density at radius 1 is 1.43 bits per heavy atom. The van der Waals surface area contributed by atoms with E-state index in [1.807, 2.05) is 31.4 Å². The van der Waals surface area contributed by atoms with Gasteiger partial charge in [0, 0.05) is 23.0 Å². The standard InChI is InChI=1S/C16H21N3OS/c1-11-5-4-6-12(7-11)15-18-13(9-21-15)8-14(20)19-16(2,3)10-17/h4-7,9H,8,10,17H2,1-3H3,(H,19,20). The summed E-state index contributed by atoms with van der Waals surface area (Å²) in [5, 5.41) is 5.79. The van der Waals surface area contributed by atoms with Crippen molar-refractivity contribution in [3.05, 3.63) is 40.9 Å². The molecule has 1 heterocycles. The van der Waals surface area contributed by atoms with Gasteiger partial charge in [-0.15, -0.1) is 11.3 Å². The van der Waals surface area contributed by atoms with Crippen molar-refractivity contribution in [2.45, 2.75) is 32.7 Å². The molecule has 1 aromatic carbocycles. The molecule has 0 radical (unpaired) electrons. The number of nitrogens with two attached hydrogens (primary N) is 1. The van der Waals surface area contributed by atoms with Crippen LogP contribution in [0, 0.1) is 6.92 Å². The fourth-order valence-electron chi connectivity index (χ4n) is 1.94. The van der Waals surface area contributed by atoms with E-state index in [1.54, 1.807) is 11.3 Å². The lowest BCUT2D eigenvalue weighted by Crippen LogP contribution is -2.49. The average Bonchev–Trinajstić information content (AvgIpc) is 2.86. The van der Waals surface area contributed by atoms with Gasteiger partial charge < -0.3 is 11.1 Å². The van der Waals surface area contributed by atoms with Crippen molar-refractivity contribution < 1.29 is 4.79 Å². The zero-order valence-electron chi connectivity index (χ0n) is 12.6. The topological polar surface area (TPSA) is 68.0 Å². The summed E-state index contributed by atoms with van der Waals surface area (Å²) in [5.41, 5.74) is 8.32. The highest BCUT2D eigenvalue weighted by atomic mass is 32.1. The molecule has 0 aliphatic carbocycles. The fraction of sp³-hybridized carbons (Fsp3) is 0.375. The molecule has 112 valence electrons. The summed E-state index contributed by atoms with van der Waals surface area (Å²) in [7, 11) is 0. The van der Waals surface area contributed by atoms with Crippen LogP contribution in [0.15, 0.2) is 29.6 Å². The minimum atomic E-state index is -0.382. The van der Waals surface area contributed by atoms with E-state index in [1.165, 1.54) is 5.56 Å². The maximum absolute atomic E-state index is 12.0. The van der Waals surface area contributed by atoms with Gasteiger partial charge in [0.25, 0.3) is 0 Å². The van der Waals surface area contributed by atoms with Gasteiger partial charge in [0.1, 0.15) is 5.01 Å². The van der Waals surface area contributed by atoms with E-state index in [-0.39, 0.29) is 17.9 Å². The van der Waals surface area contributed by atoms with Gasteiger partial charge in [0.2, 0.25) is 5.91 Å². The van der Waals surface area contributed by atoms with Gasteiger partial charge in [-0.3, -0.25) is 4.79 Å². The molecular formula is C16H21N3OS. The van der Waals surface area contributed by atoms with E-state index in [2.05, 4.69) is 29.4 Å². The van der Waals surface area contributed by atoms with E-state index >= 15 is 0 Å². The van der Waals surface area contributed by atoms with Crippen LogP contribution >= 0.6 is 11.3 Å². The second-order valence-corrected chi connectivity index (χ2v) is 6.68. The monoisotopic (exact) mass is 303 g/mol. The molecule has 1 amide bonds. The van der Waals surface area contributed by atoms with Gasteiger partial charge >= 0.3 is 0 Å². The van der Waals surface area contributed by atoms with E-state index in [0.29, 0.717) is 6.54 Å². The normalized spacial score (nSPS) is 11.4. The highest BCUT2D eigenvalue weighted by molar-refractivity contribution is 7.13. The number of hydrogen-bond acceptors (Lipinski definition) is 4. The summed E-state index contributed by atoms with van der Waals surface area (Å²) in [6, 6.07) is 8.20. The maximum Gasteiger partial charge on any atom is 0.226 e. The van der Waals surface area contributed by atoms with E-state index in [4.69, 9.17) is 5.73 Å². The van der Waals surface area contributed by atoms with Crippen LogP contribution in [0.2, 0.25) is 0 Å². The van der Waals surface area contributed by atoms with Crippen LogP contribution in [-0.2, 0) is 11.2 Å². The Hall–Kier alpha value is -1.72. The number of aryl methyl sites for hydroxylation is 1. The number of carbonyl (C=O) groups excluding carboxylic acids is 1. The zero-order chi connectivity index (χ0) is 15.5. The van der Waals surface area contributed by atoms with Crippen molar-refractivity contribution in [2.24, 2.45) is 5.73 Å². The van der Waals surface area contributed by atoms with Crippen molar-refractivity contribution in [1.29, 1.82) is 0 Å². The molecule has 0 spiro atoms. The third-order valence-corrected chi connectivity index (χ3v) is 4.09. The number of amides is 1. The highest BCUT2D eigenvalue weighted by Gasteiger charge is 2.19. The van der Waals surface area contributed by atoms with E-state index in [0.717, 1.165) is 16.3 Å². The molecule has 2 rings (SSSR count). The molecule has 4 nitrogen and oxygen atoms in total. The lowest BCUT2D eigenvalue weighted by molar-refractivity contribution is -0.121. The van der Waals surface area contributed by atoms with E-state index in [9.17, 15) is 4.79 Å². The van der Waals surface area contributed by atoms with Crippen LogP contribution in [-0.4, -0.2) is 23.0 Å². The Balaban J connectivity index is 2.05. The Morgan fingerprint density at radius 3 is 2.86 bits per heavy atom. The third kappa shape index (κ3) is 4.37. The van der Waals surface area contributed by atoms with Crippen molar-refractivity contribution >= 4 is 17.2 Å². The van der Waals surface area contributed by atoms with Gasteiger partial charge in [0.15, 0.2) is 0 Å². The lowest BCUT2D eigenvalue weighted by Gasteiger charge is -2.23. The minimum Gasteiger partial charge on any atom is -0.350 e. The molecule has 3 N–H and O–H groups in total. The molecule has 1 aromatic heterocycles. The molecular weight excluding hydrogens is 282 g/mol. The van der Waals surface area contributed by atoms with Crippen molar-refractivity contribution in [2.75, 3.05) is 6.54 Å². The Labute approximate surface area is 129 Å². The Kier molecular flexibility index (Phi) is 4.75. The quantitative estimate of drug-likeness (QED) is 0.892. The van der Waals surface area contributed by atoms with Gasteiger partial charge in [-0.25, -0.2) is 4.98 Å². The SMILES string of the molecule is Cc1cccc(-c2nc(CC(=O)NC(C)(C)CN)cs2)c1. The molecule has 5 heteroatoms. The van der Waals surface area contributed by atoms with E-state index < -0.39 is 0 Å².